The van der Waals surface area contributed by atoms with E-state index in [0.717, 1.165) is 0 Å². The Balaban J connectivity index is 2.49. The number of carboxylic acid groups (broad SMARTS) is 1. The van der Waals surface area contributed by atoms with Crippen LogP contribution in [-0.4, -0.2) is 29.7 Å². The highest BCUT2D eigenvalue weighted by atomic mass is 16.4. The molecule has 1 unspecified atom stereocenters. The van der Waals surface area contributed by atoms with E-state index in [2.05, 4.69) is 10.3 Å². The van der Waals surface area contributed by atoms with Crippen LogP contribution in [0.3, 0.4) is 0 Å². The summed E-state index contributed by atoms with van der Waals surface area (Å²) in [4.78, 5) is 25.2. The lowest BCUT2D eigenvalue weighted by Gasteiger charge is -2.25. The molecule has 1 aromatic carbocycles. The SMILES string of the molecule is CNCCC(C)(C(=O)O)c1ccc2oc(=O)[nH]c2c1. The van der Waals surface area contributed by atoms with Crippen molar-refractivity contribution in [1.82, 2.24) is 10.3 Å². The molecule has 0 aliphatic heterocycles. The third-order valence-electron chi connectivity index (χ3n) is 3.40. The third kappa shape index (κ3) is 2.39. The average molecular weight is 264 g/mol. The molecule has 2 aromatic rings. The van der Waals surface area contributed by atoms with Crippen molar-refractivity contribution in [2.24, 2.45) is 0 Å². The minimum absolute atomic E-state index is 0.426. The van der Waals surface area contributed by atoms with Crippen LogP contribution in [0.5, 0.6) is 0 Å². The van der Waals surface area contributed by atoms with Crippen LogP contribution in [-0.2, 0) is 10.2 Å². The molecule has 0 saturated heterocycles. The summed E-state index contributed by atoms with van der Waals surface area (Å²) in [6, 6.07) is 4.95. The van der Waals surface area contributed by atoms with Crippen molar-refractivity contribution >= 4 is 17.1 Å². The summed E-state index contributed by atoms with van der Waals surface area (Å²) in [5, 5.41) is 12.4. The van der Waals surface area contributed by atoms with E-state index in [1.807, 2.05) is 0 Å². The fourth-order valence-corrected chi connectivity index (χ4v) is 2.04. The monoisotopic (exact) mass is 264 g/mol. The number of aliphatic carboxylic acids is 1. The molecular formula is C13H16N2O4. The van der Waals surface area contributed by atoms with Gasteiger partial charge in [0.05, 0.1) is 10.9 Å². The second kappa shape index (κ2) is 4.89. The van der Waals surface area contributed by atoms with E-state index in [1.54, 1.807) is 32.2 Å². The van der Waals surface area contributed by atoms with Crippen LogP contribution in [0.4, 0.5) is 0 Å². The number of H-pyrrole nitrogens is 1. The topological polar surface area (TPSA) is 95.3 Å². The minimum atomic E-state index is -1.01. The Morgan fingerprint density at radius 2 is 2.26 bits per heavy atom. The van der Waals surface area contributed by atoms with E-state index in [1.165, 1.54) is 0 Å². The molecule has 0 fully saturated rings. The largest absolute Gasteiger partial charge is 0.481 e. The van der Waals surface area contributed by atoms with Gasteiger partial charge >= 0.3 is 11.7 Å². The molecule has 0 saturated carbocycles. The summed E-state index contributed by atoms with van der Waals surface area (Å²) >= 11 is 0. The van der Waals surface area contributed by atoms with Gasteiger partial charge in [-0.25, -0.2) is 4.79 Å². The predicted octanol–water partition coefficient (Wildman–Crippen LogP) is 1.07. The number of nitrogens with one attached hydrogen (secondary N) is 2. The molecule has 1 heterocycles. The van der Waals surface area contributed by atoms with E-state index < -0.39 is 17.1 Å². The Labute approximate surface area is 109 Å². The number of carbonyl (C=O) groups is 1. The van der Waals surface area contributed by atoms with Gasteiger partial charge in [-0.05, 0) is 44.6 Å². The first-order valence-electron chi connectivity index (χ1n) is 5.99. The van der Waals surface area contributed by atoms with E-state index in [9.17, 15) is 14.7 Å². The summed E-state index contributed by atoms with van der Waals surface area (Å²) in [7, 11) is 1.78. The molecule has 0 amide bonds. The zero-order valence-electron chi connectivity index (χ0n) is 10.8. The highest BCUT2D eigenvalue weighted by Gasteiger charge is 2.34. The Bertz CT molecular complexity index is 658. The zero-order chi connectivity index (χ0) is 14.0. The molecule has 1 atom stereocenters. The maximum Gasteiger partial charge on any atom is 0.417 e. The van der Waals surface area contributed by atoms with Gasteiger partial charge in [0.2, 0.25) is 0 Å². The molecule has 3 N–H and O–H groups in total. The summed E-state index contributed by atoms with van der Waals surface area (Å²) < 4.78 is 4.91. The Morgan fingerprint density at radius 3 is 2.89 bits per heavy atom. The minimum Gasteiger partial charge on any atom is -0.481 e. The predicted molar refractivity (Wildman–Crippen MR) is 70.4 cm³/mol. The molecule has 1 aromatic heterocycles. The standard InChI is InChI=1S/C13H16N2O4/c1-13(11(16)17,5-6-14-2)8-3-4-10-9(7-8)15-12(18)19-10/h3-4,7,14H,5-6H2,1-2H3,(H,15,18)(H,16,17). The Morgan fingerprint density at radius 1 is 1.53 bits per heavy atom. The van der Waals surface area contributed by atoms with Crippen molar-refractivity contribution in [2.75, 3.05) is 13.6 Å². The summed E-state index contributed by atoms with van der Waals surface area (Å²) in [6.45, 7) is 2.26. The number of rotatable bonds is 5. The number of hydrogen-bond acceptors (Lipinski definition) is 4. The molecule has 0 bridgehead atoms. The molecule has 19 heavy (non-hydrogen) atoms. The summed E-state index contributed by atoms with van der Waals surface area (Å²) in [5.41, 5.74) is 0.570. The van der Waals surface area contributed by atoms with Crippen molar-refractivity contribution in [1.29, 1.82) is 0 Å². The fraction of sp³-hybridized carbons (Fsp3) is 0.385. The van der Waals surface area contributed by atoms with Crippen LogP contribution in [0.15, 0.2) is 27.4 Å². The molecule has 102 valence electrons. The highest BCUT2D eigenvalue weighted by Crippen LogP contribution is 2.29. The number of oxazole rings is 1. The lowest BCUT2D eigenvalue weighted by molar-refractivity contribution is -0.143. The summed E-state index contributed by atoms with van der Waals surface area (Å²) in [5.74, 6) is -1.44. The molecule has 0 radical (unpaired) electrons. The van der Waals surface area contributed by atoms with Crippen LogP contribution in [0.2, 0.25) is 0 Å². The van der Waals surface area contributed by atoms with Gasteiger partial charge in [-0.2, -0.15) is 0 Å². The van der Waals surface area contributed by atoms with Crippen molar-refractivity contribution in [3.63, 3.8) is 0 Å². The number of aromatic nitrogens is 1. The molecule has 6 nitrogen and oxygen atoms in total. The molecule has 2 rings (SSSR count). The zero-order valence-corrected chi connectivity index (χ0v) is 10.8. The fourth-order valence-electron chi connectivity index (χ4n) is 2.04. The molecule has 0 spiro atoms. The number of carboxylic acids is 1. The van der Waals surface area contributed by atoms with E-state index >= 15 is 0 Å². The van der Waals surface area contributed by atoms with Crippen LogP contribution < -0.4 is 11.1 Å². The van der Waals surface area contributed by atoms with Crippen molar-refractivity contribution in [2.45, 2.75) is 18.8 Å². The second-order valence-electron chi connectivity index (χ2n) is 4.72. The van der Waals surface area contributed by atoms with E-state index in [0.29, 0.717) is 29.6 Å². The van der Waals surface area contributed by atoms with Gasteiger partial charge in [0.25, 0.3) is 0 Å². The first-order valence-corrected chi connectivity index (χ1v) is 5.99. The van der Waals surface area contributed by atoms with E-state index in [4.69, 9.17) is 4.42 Å². The quantitative estimate of drug-likeness (QED) is 0.751. The first-order chi connectivity index (χ1) is 8.97. The van der Waals surface area contributed by atoms with Crippen molar-refractivity contribution in [3.05, 3.63) is 34.3 Å². The van der Waals surface area contributed by atoms with Gasteiger partial charge in [0.1, 0.15) is 0 Å². The van der Waals surface area contributed by atoms with Crippen LogP contribution >= 0.6 is 0 Å². The van der Waals surface area contributed by atoms with Crippen LogP contribution in [0.25, 0.3) is 11.1 Å². The first kappa shape index (κ1) is 13.4. The van der Waals surface area contributed by atoms with Crippen molar-refractivity contribution in [3.8, 4) is 0 Å². The van der Waals surface area contributed by atoms with Gasteiger partial charge < -0.3 is 14.8 Å². The molecule has 0 aliphatic rings. The summed E-state index contributed by atoms with van der Waals surface area (Å²) in [6.07, 6.45) is 0.451. The highest BCUT2D eigenvalue weighted by molar-refractivity contribution is 5.83. The molecule has 6 heteroatoms. The maximum atomic E-state index is 11.5. The van der Waals surface area contributed by atoms with Crippen molar-refractivity contribution < 1.29 is 14.3 Å². The average Bonchev–Trinajstić information content (AvgIpc) is 2.74. The van der Waals surface area contributed by atoms with Crippen LogP contribution in [0, 0.1) is 0 Å². The maximum absolute atomic E-state index is 11.5. The molecular weight excluding hydrogens is 248 g/mol. The Kier molecular flexibility index (Phi) is 3.44. The second-order valence-corrected chi connectivity index (χ2v) is 4.72. The molecule has 0 aliphatic carbocycles. The smallest absolute Gasteiger partial charge is 0.417 e. The van der Waals surface area contributed by atoms with Gasteiger partial charge in [-0.15, -0.1) is 0 Å². The lowest BCUT2D eigenvalue weighted by atomic mass is 9.79. The van der Waals surface area contributed by atoms with Gasteiger partial charge in [0.15, 0.2) is 5.58 Å². The van der Waals surface area contributed by atoms with E-state index in [-0.39, 0.29) is 0 Å². The van der Waals surface area contributed by atoms with Gasteiger partial charge in [-0.3, -0.25) is 9.78 Å². The number of benzene rings is 1. The van der Waals surface area contributed by atoms with Crippen LogP contribution in [0.1, 0.15) is 18.9 Å². The van der Waals surface area contributed by atoms with Gasteiger partial charge in [0, 0.05) is 0 Å². The number of fused-ring (bicyclic) bond motifs is 1. The number of hydrogen-bond donors (Lipinski definition) is 3. The van der Waals surface area contributed by atoms with Gasteiger partial charge in [-0.1, -0.05) is 6.07 Å². The normalized spacial score (nSPS) is 14.4. The lowest BCUT2D eigenvalue weighted by Crippen LogP contribution is -2.35. The number of aromatic amines is 1. The Hall–Kier alpha value is -2.08. The third-order valence-corrected chi connectivity index (χ3v) is 3.40.